The zero-order valence-corrected chi connectivity index (χ0v) is 11.0. The van der Waals surface area contributed by atoms with E-state index in [0.717, 1.165) is 17.0 Å². The molecule has 2 heterocycles. The van der Waals surface area contributed by atoms with E-state index in [0.29, 0.717) is 17.0 Å². The molecule has 0 saturated carbocycles. The predicted octanol–water partition coefficient (Wildman–Crippen LogP) is 4.10. The molecule has 1 aliphatic heterocycles. The largest absolute Gasteiger partial charge is 0.505 e. The van der Waals surface area contributed by atoms with E-state index in [-0.39, 0.29) is 5.75 Å². The number of anilines is 2. The molecule has 0 fully saturated rings. The maximum atomic E-state index is 10.5. The summed E-state index contributed by atoms with van der Waals surface area (Å²) in [4.78, 5) is 3.96. The molecule has 0 amide bonds. The number of aromatic hydroxyl groups is 1. The second-order valence-corrected chi connectivity index (χ2v) is 4.72. The Morgan fingerprint density at radius 1 is 1.00 bits per heavy atom. The van der Waals surface area contributed by atoms with Gasteiger partial charge < -0.3 is 15.2 Å². The molecule has 2 aromatic carbocycles. The van der Waals surface area contributed by atoms with E-state index >= 15 is 0 Å². The number of aromatic nitrogens is 1. The van der Waals surface area contributed by atoms with Gasteiger partial charge in [-0.05, 0) is 30.3 Å². The lowest BCUT2D eigenvalue weighted by Crippen LogP contribution is -2.03. The van der Waals surface area contributed by atoms with Crippen LogP contribution in [0.5, 0.6) is 17.2 Å². The number of nitrogens with zero attached hydrogens (tertiary/aromatic N) is 1. The average Bonchev–Trinajstić information content (AvgIpc) is 2.55. The highest BCUT2D eigenvalue weighted by atomic mass is 16.5. The Morgan fingerprint density at radius 3 is 2.76 bits per heavy atom. The number of fused-ring (bicyclic) bond motifs is 2. The van der Waals surface area contributed by atoms with E-state index in [9.17, 15) is 5.11 Å². The van der Waals surface area contributed by atoms with Crippen molar-refractivity contribution in [2.45, 2.75) is 0 Å². The van der Waals surface area contributed by atoms with Crippen molar-refractivity contribution in [3.8, 4) is 28.4 Å². The van der Waals surface area contributed by atoms with Crippen molar-refractivity contribution in [1.29, 1.82) is 0 Å². The molecule has 3 aromatic rings. The van der Waals surface area contributed by atoms with Gasteiger partial charge in [-0.1, -0.05) is 18.2 Å². The van der Waals surface area contributed by atoms with E-state index < -0.39 is 0 Å². The molecule has 1 aromatic heterocycles. The lowest BCUT2D eigenvalue weighted by atomic mass is 10.0. The van der Waals surface area contributed by atoms with Crippen molar-refractivity contribution < 1.29 is 9.84 Å². The van der Waals surface area contributed by atoms with Crippen molar-refractivity contribution in [2.24, 2.45) is 0 Å². The van der Waals surface area contributed by atoms with Gasteiger partial charge in [-0.15, -0.1) is 0 Å². The van der Waals surface area contributed by atoms with Crippen LogP contribution in [-0.4, -0.2) is 10.1 Å². The zero-order valence-electron chi connectivity index (χ0n) is 11.0. The molecule has 4 heteroatoms. The van der Waals surface area contributed by atoms with Crippen molar-refractivity contribution in [3.05, 3.63) is 60.9 Å². The fourth-order valence-electron chi connectivity index (χ4n) is 2.38. The van der Waals surface area contributed by atoms with Crippen LogP contribution in [0.4, 0.5) is 11.4 Å². The molecule has 1 radical (unpaired) electrons. The van der Waals surface area contributed by atoms with Crippen LogP contribution >= 0.6 is 0 Å². The molecule has 4 rings (SSSR count). The number of ether oxygens (including phenoxy) is 1. The molecule has 21 heavy (non-hydrogen) atoms. The van der Waals surface area contributed by atoms with Crippen molar-refractivity contribution >= 4 is 11.4 Å². The number of benzene rings is 2. The highest BCUT2D eigenvalue weighted by Crippen LogP contribution is 2.49. The maximum Gasteiger partial charge on any atom is 0.154 e. The Hall–Kier alpha value is -3.01. The van der Waals surface area contributed by atoms with Crippen LogP contribution in [0.25, 0.3) is 11.1 Å². The topological polar surface area (TPSA) is 54.4 Å². The predicted molar refractivity (Wildman–Crippen MR) is 80.0 cm³/mol. The Bertz CT molecular complexity index is 816. The monoisotopic (exact) mass is 275 g/mol. The lowest BCUT2D eigenvalue weighted by molar-refractivity contribution is 0.456. The first kappa shape index (κ1) is 11.8. The number of hydrogen-bond donors (Lipinski definition) is 2. The lowest BCUT2D eigenvalue weighted by Gasteiger charge is -2.23. The van der Waals surface area contributed by atoms with Crippen molar-refractivity contribution in [2.75, 3.05) is 5.32 Å². The molecule has 4 nitrogen and oxygen atoms in total. The van der Waals surface area contributed by atoms with Gasteiger partial charge in [-0.2, -0.15) is 0 Å². The molecule has 2 N–H and O–H groups in total. The van der Waals surface area contributed by atoms with E-state index in [1.54, 1.807) is 12.3 Å². The van der Waals surface area contributed by atoms with Gasteiger partial charge in [0, 0.05) is 17.3 Å². The zero-order chi connectivity index (χ0) is 14.2. The normalized spacial score (nSPS) is 11.8. The van der Waals surface area contributed by atoms with Crippen LogP contribution in [0, 0.1) is 6.20 Å². The summed E-state index contributed by atoms with van der Waals surface area (Å²) in [5.74, 6) is 1.47. The number of nitrogens with one attached hydrogen (secondary N) is 1. The second kappa shape index (κ2) is 4.52. The Morgan fingerprint density at radius 2 is 1.90 bits per heavy atom. The van der Waals surface area contributed by atoms with Crippen LogP contribution in [0.2, 0.25) is 0 Å². The highest BCUT2D eigenvalue weighted by molar-refractivity contribution is 5.86. The quantitative estimate of drug-likeness (QED) is 0.513. The van der Waals surface area contributed by atoms with Gasteiger partial charge in [0.2, 0.25) is 0 Å². The Labute approximate surface area is 121 Å². The molecular formula is C17H11N2O2. The standard InChI is InChI=1S/C17H11N2O2/c20-17-12(11-4-3-9-18-10-11)7-8-15-16(17)19-13-5-1-2-6-14(13)21-15/h1-9,19-20H. The van der Waals surface area contributed by atoms with E-state index in [1.807, 2.05) is 42.5 Å². The summed E-state index contributed by atoms with van der Waals surface area (Å²) < 4.78 is 5.80. The van der Waals surface area contributed by atoms with Gasteiger partial charge in [-0.3, -0.25) is 4.98 Å². The number of hydrogen-bond acceptors (Lipinski definition) is 4. The summed E-state index contributed by atoms with van der Waals surface area (Å²) in [6.07, 6.45) is 4.52. The Kier molecular flexibility index (Phi) is 2.54. The minimum absolute atomic E-state index is 0.131. The fourth-order valence-corrected chi connectivity index (χ4v) is 2.38. The second-order valence-electron chi connectivity index (χ2n) is 4.72. The molecule has 0 spiro atoms. The number of phenolic OH excluding ortho intramolecular Hbond substituents is 1. The van der Waals surface area contributed by atoms with E-state index in [4.69, 9.17) is 4.74 Å². The number of para-hydroxylation sites is 2. The first-order valence-corrected chi connectivity index (χ1v) is 6.56. The van der Waals surface area contributed by atoms with E-state index in [1.165, 1.54) is 0 Å². The molecule has 0 atom stereocenters. The van der Waals surface area contributed by atoms with Crippen LogP contribution in [0.3, 0.4) is 0 Å². The van der Waals surface area contributed by atoms with Crippen LogP contribution in [0.15, 0.2) is 54.7 Å². The molecule has 0 saturated heterocycles. The summed E-state index contributed by atoms with van der Waals surface area (Å²) >= 11 is 0. The van der Waals surface area contributed by atoms with Gasteiger partial charge in [0.1, 0.15) is 5.69 Å². The first-order chi connectivity index (χ1) is 10.3. The SMILES string of the molecule is Oc1c(-c2[c]nccc2)ccc2c1Nc1ccccc1O2. The summed E-state index contributed by atoms with van der Waals surface area (Å²) in [7, 11) is 0. The number of phenols is 1. The number of rotatable bonds is 1. The minimum Gasteiger partial charge on any atom is -0.505 e. The van der Waals surface area contributed by atoms with Gasteiger partial charge in [-0.25, -0.2) is 0 Å². The summed E-state index contributed by atoms with van der Waals surface area (Å²) in [6.45, 7) is 0. The first-order valence-electron chi connectivity index (χ1n) is 6.56. The smallest absolute Gasteiger partial charge is 0.154 e. The van der Waals surface area contributed by atoms with Crippen LogP contribution < -0.4 is 10.1 Å². The maximum absolute atomic E-state index is 10.5. The molecule has 1 aliphatic rings. The van der Waals surface area contributed by atoms with Gasteiger partial charge in [0.05, 0.1) is 11.9 Å². The molecule has 0 unspecified atom stereocenters. The third-order valence-corrected chi connectivity index (χ3v) is 3.41. The van der Waals surface area contributed by atoms with Crippen molar-refractivity contribution in [3.63, 3.8) is 0 Å². The molecule has 0 bridgehead atoms. The van der Waals surface area contributed by atoms with Crippen LogP contribution in [0.1, 0.15) is 0 Å². The van der Waals surface area contributed by atoms with Crippen LogP contribution in [-0.2, 0) is 0 Å². The highest BCUT2D eigenvalue weighted by Gasteiger charge is 2.21. The third-order valence-electron chi connectivity index (χ3n) is 3.41. The minimum atomic E-state index is 0.131. The van der Waals surface area contributed by atoms with Crippen molar-refractivity contribution in [1.82, 2.24) is 4.98 Å². The number of pyridine rings is 1. The van der Waals surface area contributed by atoms with Gasteiger partial charge in [0.15, 0.2) is 17.2 Å². The van der Waals surface area contributed by atoms with E-state index in [2.05, 4.69) is 16.5 Å². The molecule has 101 valence electrons. The van der Waals surface area contributed by atoms with Gasteiger partial charge in [0.25, 0.3) is 0 Å². The summed E-state index contributed by atoms with van der Waals surface area (Å²) in [5, 5.41) is 13.7. The fraction of sp³-hybridized carbons (Fsp3) is 0. The molecule has 0 aliphatic carbocycles. The molecular weight excluding hydrogens is 264 g/mol. The summed E-state index contributed by atoms with van der Waals surface area (Å²) in [5.41, 5.74) is 2.78. The Balaban J connectivity index is 1.84. The summed E-state index contributed by atoms with van der Waals surface area (Å²) in [6, 6.07) is 14.9. The van der Waals surface area contributed by atoms with Gasteiger partial charge >= 0.3 is 0 Å². The average molecular weight is 275 g/mol. The third kappa shape index (κ3) is 1.89.